The number of aliphatic hydroxyl groups excluding tert-OH is 1. The molecule has 0 unspecified atom stereocenters. The maximum absolute atomic E-state index is 11.4. The molecule has 1 N–H and O–H groups in total. The summed E-state index contributed by atoms with van der Waals surface area (Å²) in [5, 5.41) is 22.0. The highest BCUT2D eigenvalue weighted by atomic mass is 16.6. The summed E-state index contributed by atoms with van der Waals surface area (Å²) in [5.41, 5.74) is 0.163. The zero-order chi connectivity index (χ0) is 17.7. The van der Waals surface area contributed by atoms with E-state index in [1.165, 1.54) is 33.5 Å². The molecule has 0 aliphatic carbocycles. The van der Waals surface area contributed by atoms with E-state index in [2.05, 4.69) is 9.97 Å². The molecular weight excluding hydrogens is 318 g/mol. The van der Waals surface area contributed by atoms with Crippen LogP contribution in [0, 0.1) is 10.1 Å². The van der Waals surface area contributed by atoms with Gasteiger partial charge in [0.05, 0.1) is 42.9 Å². The Morgan fingerprint density at radius 3 is 2.33 bits per heavy atom. The highest BCUT2D eigenvalue weighted by molar-refractivity contribution is 5.50. The van der Waals surface area contributed by atoms with Crippen LogP contribution in [0.15, 0.2) is 24.3 Å². The summed E-state index contributed by atoms with van der Waals surface area (Å²) in [7, 11) is 4.24. The van der Waals surface area contributed by atoms with Gasteiger partial charge in [-0.05, 0) is 12.1 Å². The van der Waals surface area contributed by atoms with E-state index in [9.17, 15) is 15.2 Å². The number of methoxy groups -OCH3 is 3. The number of ether oxygens (including phenoxy) is 3. The van der Waals surface area contributed by atoms with E-state index in [-0.39, 0.29) is 35.4 Å². The van der Waals surface area contributed by atoms with E-state index in [1.54, 1.807) is 12.1 Å². The van der Waals surface area contributed by atoms with Crippen molar-refractivity contribution in [3.8, 4) is 11.8 Å². The summed E-state index contributed by atoms with van der Waals surface area (Å²) in [5.74, 6) is 0.280. The largest absolute Gasteiger partial charge is 0.481 e. The van der Waals surface area contributed by atoms with Gasteiger partial charge in [0, 0.05) is 7.11 Å². The Labute approximate surface area is 138 Å². The molecule has 0 aliphatic rings. The SMILES string of the molecule is COCc1cccc([C@@H](O)c2nc(OC)cc(OC)n2)c1[N+](=O)[O-]. The first-order valence-corrected chi connectivity index (χ1v) is 6.92. The maximum Gasteiger partial charge on any atom is 0.281 e. The third-order valence-electron chi connectivity index (χ3n) is 3.29. The van der Waals surface area contributed by atoms with Crippen LogP contribution in [0.25, 0.3) is 0 Å². The first-order chi connectivity index (χ1) is 11.5. The number of rotatable bonds is 7. The second-order valence-corrected chi connectivity index (χ2v) is 4.76. The number of para-hydroxylation sites is 1. The molecule has 24 heavy (non-hydrogen) atoms. The average molecular weight is 335 g/mol. The van der Waals surface area contributed by atoms with Crippen LogP contribution in [0.3, 0.4) is 0 Å². The second-order valence-electron chi connectivity index (χ2n) is 4.76. The van der Waals surface area contributed by atoms with Gasteiger partial charge in [-0.15, -0.1) is 0 Å². The average Bonchev–Trinajstić information content (AvgIpc) is 2.60. The van der Waals surface area contributed by atoms with Gasteiger partial charge in [-0.1, -0.05) is 6.07 Å². The molecule has 1 heterocycles. The van der Waals surface area contributed by atoms with Gasteiger partial charge in [0.2, 0.25) is 11.8 Å². The molecule has 0 amide bonds. The van der Waals surface area contributed by atoms with Crippen molar-refractivity contribution in [2.45, 2.75) is 12.7 Å². The van der Waals surface area contributed by atoms with Crippen molar-refractivity contribution in [2.75, 3.05) is 21.3 Å². The van der Waals surface area contributed by atoms with Crippen LogP contribution in [0.1, 0.15) is 23.1 Å². The Hall–Kier alpha value is -2.78. The predicted molar refractivity (Wildman–Crippen MR) is 83.0 cm³/mol. The lowest BCUT2D eigenvalue weighted by Crippen LogP contribution is -2.11. The normalized spacial score (nSPS) is 11.8. The van der Waals surface area contributed by atoms with Crippen LogP contribution in [0.2, 0.25) is 0 Å². The number of benzene rings is 1. The van der Waals surface area contributed by atoms with Crippen LogP contribution >= 0.6 is 0 Å². The lowest BCUT2D eigenvalue weighted by atomic mass is 10.0. The molecule has 1 atom stereocenters. The minimum Gasteiger partial charge on any atom is -0.481 e. The Bertz CT molecular complexity index is 715. The Morgan fingerprint density at radius 2 is 1.83 bits per heavy atom. The molecule has 2 rings (SSSR count). The first kappa shape index (κ1) is 17.6. The highest BCUT2D eigenvalue weighted by Crippen LogP contribution is 2.33. The van der Waals surface area contributed by atoms with Gasteiger partial charge >= 0.3 is 0 Å². The number of hydrogen-bond donors (Lipinski definition) is 1. The van der Waals surface area contributed by atoms with Gasteiger partial charge < -0.3 is 19.3 Å². The summed E-state index contributed by atoms with van der Waals surface area (Å²) >= 11 is 0. The van der Waals surface area contributed by atoms with Gasteiger partial charge in [0.25, 0.3) is 5.69 Å². The van der Waals surface area contributed by atoms with Gasteiger partial charge in [-0.25, -0.2) is 0 Å². The standard InChI is InChI=1S/C15H17N3O6/c1-22-8-9-5-4-6-10(13(9)18(20)21)14(19)15-16-11(23-2)7-12(17-15)24-3/h4-7,14,19H,8H2,1-3H3/t14-/m1/s1. The van der Waals surface area contributed by atoms with Crippen LogP contribution in [0.4, 0.5) is 5.69 Å². The molecule has 0 radical (unpaired) electrons. The van der Waals surface area contributed by atoms with Crippen LogP contribution in [0.5, 0.6) is 11.8 Å². The van der Waals surface area contributed by atoms with Crippen molar-refractivity contribution in [1.29, 1.82) is 0 Å². The van der Waals surface area contributed by atoms with Crippen molar-refractivity contribution in [3.05, 3.63) is 51.3 Å². The molecule has 0 bridgehead atoms. The molecule has 9 heteroatoms. The van der Waals surface area contributed by atoms with E-state index < -0.39 is 11.0 Å². The molecule has 1 aromatic heterocycles. The molecule has 0 fully saturated rings. The Kier molecular flexibility index (Phi) is 5.61. The topological polar surface area (TPSA) is 117 Å². The lowest BCUT2D eigenvalue weighted by molar-refractivity contribution is -0.387. The third-order valence-corrected chi connectivity index (χ3v) is 3.29. The summed E-state index contributed by atoms with van der Waals surface area (Å²) in [4.78, 5) is 19.0. The minimum atomic E-state index is -1.42. The van der Waals surface area contributed by atoms with Crippen LogP contribution in [-0.2, 0) is 11.3 Å². The van der Waals surface area contributed by atoms with Gasteiger partial charge in [0.1, 0.15) is 6.10 Å². The van der Waals surface area contributed by atoms with E-state index in [0.717, 1.165) is 0 Å². The fourth-order valence-corrected chi connectivity index (χ4v) is 2.22. The predicted octanol–water partition coefficient (Wildman–Crippen LogP) is 1.63. The van der Waals surface area contributed by atoms with E-state index in [4.69, 9.17) is 14.2 Å². The van der Waals surface area contributed by atoms with Crippen molar-refractivity contribution in [1.82, 2.24) is 9.97 Å². The van der Waals surface area contributed by atoms with E-state index in [1.807, 2.05) is 0 Å². The van der Waals surface area contributed by atoms with Gasteiger partial charge in [-0.3, -0.25) is 10.1 Å². The number of nitro benzene ring substituents is 1. The fraction of sp³-hybridized carbons (Fsp3) is 0.333. The molecule has 0 spiro atoms. The fourth-order valence-electron chi connectivity index (χ4n) is 2.22. The summed E-state index contributed by atoms with van der Waals surface area (Å²) in [6.45, 7) is 0.0408. The number of aliphatic hydroxyl groups is 1. The monoisotopic (exact) mass is 335 g/mol. The van der Waals surface area contributed by atoms with Gasteiger partial charge in [0.15, 0.2) is 5.82 Å². The van der Waals surface area contributed by atoms with Crippen molar-refractivity contribution in [3.63, 3.8) is 0 Å². The first-order valence-electron chi connectivity index (χ1n) is 6.92. The summed E-state index contributed by atoms with van der Waals surface area (Å²) in [6.07, 6.45) is -1.42. The molecule has 128 valence electrons. The van der Waals surface area contributed by atoms with Crippen LogP contribution in [-0.4, -0.2) is 41.3 Å². The number of hydrogen-bond acceptors (Lipinski definition) is 8. The van der Waals surface area contributed by atoms with Crippen molar-refractivity contribution >= 4 is 5.69 Å². The van der Waals surface area contributed by atoms with Crippen LogP contribution < -0.4 is 9.47 Å². The summed E-state index contributed by atoms with van der Waals surface area (Å²) in [6, 6.07) is 6.03. The molecule has 0 aliphatic heterocycles. The molecule has 0 saturated carbocycles. The molecule has 1 aromatic carbocycles. The molecular formula is C15H17N3O6. The zero-order valence-corrected chi connectivity index (χ0v) is 13.4. The zero-order valence-electron chi connectivity index (χ0n) is 13.4. The number of aromatic nitrogens is 2. The third kappa shape index (κ3) is 3.58. The second kappa shape index (κ2) is 7.66. The number of nitro groups is 1. The van der Waals surface area contributed by atoms with Crippen molar-refractivity contribution in [2.24, 2.45) is 0 Å². The van der Waals surface area contributed by atoms with Crippen molar-refractivity contribution < 1.29 is 24.2 Å². The number of nitrogens with zero attached hydrogens (tertiary/aromatic N) is 3. The highest BCUT2D eigenvalue weighted by Gasteiger charge is 2.27. The summed E-state index contributed by atoms with van der Waals surface area (Å²) < 4.78 is 15.0. The molecule has 2 aromatic rings. The Balaban J connectivity index is 2.55. The molecule has 0 saturated heterocycles. The smallest absolute Gasteiger partial charge is 0.281 e. The molecule has 9 nitrogen and oxygen atoms in total. The van der Waals surface area contributed by atoms with Gasteiger partial charge in [-0.2, -0.15) is 9.97 Å². The maximum atomic E-state index is 11.4. The quantitative estimate of drug-likeness (QED) is 0.599. The minimum absolute atomic E-state index is 0.0408. The lowest BCUT2D eigenvalue weighted by Gasteiger charge is -2.14. The van der Waals surface area contributed by atoms with E-state index >= 15 is 0 Å². The Morgan fingerprint density at radius 1 is 1.21 bits per heavy atom. The van der Waals surface area contributed by atoms with E-state index in [0.29, 0.717) is 5.56 Å².